The third-order valence-electron chi connectivity index (χ3n) is 3.41. The van der Waals surface area contributed by atoms with Crippen LogP contribution in [-0.4, -0.2) is 51.2 Å². The summed E-state index contributed by atoms with van der Waals surface area (Å²) in [7, 11) is -3.52. The van der Waals surface area contributed by atoms with Crippen molar-refractivity contribution in [3.8, 4) is 0 Å². The van der Waals surface area contributed by atoms with Crippen LogP contribution in [0.4, 0.5) is 0 Å². The van der Waals surface area contributed by atoms with Crippen molar-refractivity contribution in [3.63, 3.8) is 0 Å². The molecule has 1 aromatic rings. The van der Waals surface area contributed by atoms with Crippen molar-refractivity contribution in [1.29, 1.82) is 0 Å². The molecule has 1 amide bonds. The highest BCUT2D eigenvalue weighted by Crippen LogP contribution is 2.29. The molecule has 0 aromatic heterocycles. The van der Waals surface area contributed by atoms with Gasteiger partial charge in [0.15, 0.2) is 9.84 Å². The van der Waals surface area contributed by atoms with Crippen LogP contribution in [0.15, 0.2) is 17.0 Å². The van der Waals surface area contributed by atoms with E-state index >= 15 is 0 Å². The maximum atomic E-state index is 12.6. The van der Waals surface area contributed by atoms with Crippen LogP contribution >= 0.6 is 23.2 Å². The quantitative estimate of drug-likeness (QED) is 0.883. The van der Waals surface area contributed by atoms with Crippen molar-refractivity contribution in [3.05, 3.63) is 27.7 Å². The van der Waals surface area contributed by atoms with E-state index in [1.54, 1.807) is 4.90 Å². The number of hydrogen-bond donors (Lipinski definition) is 1. The molecule has 8 heteroatoms. The van der Waals surface area contributed by atoms with Gasteiger partial charge in [-0.15, -0.1) is 0 Å². The van der Waals surface area contributed by atoms with Crippen LogP contribution in [-0.2, 0) is 9.84 Å². The van der Waals surface area contributed by atoms with E-state index in [-0.39, 0.29) is 32.5 Å². The Labute approximate surface area is 134 Å². The molecule has 0 unspecified atom stereocenters. The highest BCUT2D eigenvalue weighted by atomic mass is 35.5. The molecule has 1 aliphatic rings. The van der Waals surface area contributed by atoms with Gasteiger partial charge in [-0.3, -0.25) is 4.79 Å². The molecule has 0 bridgehead atoms. The lowest BCUT2D eigenvalue weighted by molar-refractivity contribution is 0.0655. The van der Waals surface area contributed by atoms with Crippen molar-refractivity contribution in [2.24, 2.45) is 0 Å². The van der Waals surface area contributed by atoms with Crippen molar-refractivity contribution < 1.29 is 13.2 Å². The minimum Gasteiger partial charge on any atom is -0.333 e. The zero-order valence-electron chi connectivity index (χ0n) is 11.7. The molecule has 1 fully saturated rings. The number of nitrogens with one attached hydrogen (secondary N) is 1. The largest absolute Gasteiger partial charge is 0.333 e. The number of carbonyl (C=O) groups excluding carboxylic acids is 1. The van der Waals surface area contributed by atoms with E-state index in [2.05, 4.69) is 5.32 Å². The summed E-state index contributed by atoms with van der Waals surface area (Å²) in [5.74, 6) is -0.282. The second-order valence-corrected chi connectivity index (χ2v) is 7.88. The topological polar surface area (TPSA) is 66.5 Å². The lowest BCUT2D eigenvalue weighted by Gasteiger charge is -2.34. The van der Waals surface area contributed by atoms with Gasteiger partial charge in [0.25, 0.3) is 5.91 Å². The van der Waals surface area contributed by atoms with Gasteiger partial charge in [-0.05, 0) is 19.1 Å². The third-order valence-corrected chi connectivity index (χ3v) is 5.29. The van der Waals surface area contributed by atoms with E-state index in [0.29, 0.717) is 19.6 Å². The Hall–Kier alpha value is -0.820. The molecule has 1 N–H and O–H groups in total. The van der Waals surface area contributed by atoms with Gasteiger partial charge in [0.05, 0.1) is 20.5 Å². The number of benzene rings is 1. The summed E-state index contributed by atoms with van der Waals surface area (Å²) in [5, 5.41) is 3.36. The van der Waals surface area contributed by atoms with Crippen LogP contribution in [0.25, 0.3) is 0 Å². The normalized spacial score (nSPS) is 19.6. The molecule has 116 valence electrons. The average molecular weight is 351 g/mol. The minimum atomic E-state index is -3.52. The first-order valence-electron chi connectivity index (χ1n) is 6.42. The third kappa shape index (κ3) is 3.51. The molecular weight excluding hydrogens is 335 g/mol. The van der Waals surface area contributed by atoms with E-state index < -0.39 is 9.84 Å². The van der Waals surface area contributed by atoms with Gasteiger partial charge < -0.3 is 10.2 Å². The molecule has 21 heavy (non-hydrogen) atoms. The number of sulfone groups is 1. The summed E-state index contributed by atoms with van der Waals surface area (Å²) in [6.45, 7) is 3.86. The molecule has 2 rings (SSSR count). The molecule has 0 spiro atoms. The summed E-state index contributed by atoms with van der Waals surface area (Å²) in [5.41, 5.74) is 0.162. The maximum Gasteiger partial charge on any atom is 0.255 e. The number of piperazine rings is 1. The van der Waals surface area contributed by atoms with Gasteiger partial charge in [0.2, 0.25) is 0 Å². The molecular formula is C13H16Cl2N2O3S. The molecule has 0 aliphatic carbocycles. The Kier molecular flexibility index (Phi) is 4.82. The lowest BCUT2D eigenvalue weighted by atomic mass is 10.1. The molecule has 5 nitrogen and oxygen atoms in total. The number of hydrogen-bond acceptors (Lipinski definition) is 4. The molecule has 0 saturated carbocycles. The Morgan fingerprint density at radius 1 is 1.33 bits per heavy atom. The van der Waals surface area contributed by atoms with Crippen LogP contribution < -0.4 is 5.32 Å². The van der Waals surface area contributed by atoms with Gasteiger partial charge in [-0.1, -0.05) is 23.2 Å². The van der Waals surface area contributed by atoms with E-state index in [1.165, 1.54) is 12.1 Å². The zero-order valence-corrected chi connectivity index (χ0v) is 14.0. The van der Waals surface area contributed by atoms with Gasteiger partial charge in [-0.2, -0.15) is 0 Å². The molecule has 0 radical (unpaired) electrons. The fraction of sp³-hybridized carbons (Fsp3) is 0.462. The first-order valence-corrected chi connectivity index (χ1v) is 9.07. The number of rotatable bonds is 2. The summed E-state index contributed by atoms with van der Waals surface area (Å²) in [6.07, 6.45) is 1.05. The summed E-state index contributed by atoms with van der Waals surface area (Å²) in [4.78, 5) is 14.2. The molecule has 1 aliphatic heterocycles. The van der Waals surface area contributed by atoms with Crippen molar-refractivity contribution in [2.45, 2.75) is 17.9 Å². The van der Waals surface area contributed by atoms with Gasteiger partial charge in [0, 0.05) is 31.9 Å². The maximum absolute atomic E-state index is 12.6. The molecule has 1 saturated heterocycles. The van der Waals surface area contributed by atoms with Crippen molar-refractivity contribution in [1.82, 2.24) is 10.2 Å². The Balaban J connectivity index is 2.46. The second-order valence-electron chi connectivity index (χ2n) is 5.09. The summed E-state index contributed by atoms with van der Waals surface area (Å²) in [6, 6.07) is 2.58. The fourth-order valence-corrected chi connectivity index (χ4v) is 3.90. The number of halogens is 2. The number of amides is 1. The second kappa shape index (κ2) is 6.12. The molecule has 1 heterocycles. The van der Waals surface area contributed by atoms with Crippen molar-refractivity contribution in [2.75, 3.05) is 25.9 Å². The predicted molar refractivity (Wildman–Crippen MR) is 82.9 cm³/mol. The minimum absolute atomic E-state index is 0.0136. The van der Waals surface area contributed by atoms with Gasteiger partial charge >= 0.3 is 0 Å². The SMILES string of the molecule is C[C@H]1CNCCN1C(=O)c1cc(S(C)(=O)=O)c(Cl)cc1Cl. The Morgan fingerprint density at radius 3 is 2.57 bits per heavy atom. The summed E-state index contributed by atoms with van der Waals surface area (Å²) < 4.78 is 23.4. The van der Waals surface area contributed by atoms with Crippen LogP contribution in [0.1, 0.15) is 17.3 Å². The monoisotopic (exact) mass is 350 g/mol. The fourth-order valence-electron chi connectivity index (χ4n) is 2.27. The molecule has 1 atom stereocenters. The number of carbonyl (C=O) groups is 1. The van der Waals surface area contributed by atoms with Gasteiger partial charge in [0.1, 0.15) is 0 Å². The van der Waals surface area contributed by atoms with E-state index in [0.717, 1.165) is 6.26 Å². The smallest absolute Gasteiger partial charge is 0.255 e. The Morgan fingerprint density at radius 2 is 2.00 bits per heavy atom. The van der Waals surface area contributed by atoms with Gasteiger partial charge in [-0.25, -0.2) is 8.42 Å². The molecule has 1 aromatic carbocycles. The van der Waals surface area contributed by atoms with E-state index in [4.69, 9.17) is 23.2 Å². The summed E-state index contributed by atoms with van der Waals surface area (Å²) >= 11 is 12.0. The predicted octanol–water partition coefficient (Wildman–Crippen LogP) is 1.83. The van der Waals surface area contributed by atoms with Crippen LogP contribution in [0.2, 0.25) is 10.0 Å². The van der Waals surface area contributed by atoms with Crippen LogP contribution in [0, 0.1) is 0 Å². The van der Waals surface area contributed by atoms with Crippen molar-refractivity contribution >= 4 is 38.9 Å². The van der Waals surface area contributed by atoms with E-state index in [9.17, 15) is 13.2 Å². The van der Waals surface area contributed by atoms with E-state index in [1.807, 2.05) is 6.92 Å². The first-order chi connectivity index (χ1) is 9.71. The zero-order chi connectivity index (χ0) is 15.8. The Bertz CT molecular complexity index is 676. The first kappa shape index (κ1) is 16.5. The number of nitrogens with zero attached hydrogens (tertiary/aromatic N) is 1. The highest BCUT2D eigenvalue weighted by Gasteiger charge is 2.27. The average Bonchev–Trinajstić information content (AvgIpc) is 2.37. The lowest BCUT2D eigenvalue weighted by Crippen LogP contribution is -2.52. The standard InChI is InChI=1S/C13H16Cl2N2O3S/c1-8-7-16-3-4-17(8)13(18)9-5-12(21(2,19)20)11(15)6-10(9)14/h5-6,8,16H,3-4,7H2,1-2H3/t8-/m0/s1. The highest BCUT2D eigenvalue weighted by molar-refractivity contribution is 7.90. The van der Waals surface area contributed by atoms with Crippen LogP contribution in [0.5, 0.6) is 0 Å². The van der Waals surface area contributed by atoms with Crippen LogP contribution in [0.3, 0.4) is 0 Å².